The van der Waals surface area contributed by atoms with Crippen molar-refractivity contribution in [2.45, 2.75) is 444 Å². The van der Waals surface area contributed by atoms with Gasteiger partial charge in [-0.3, -0.25) is 18.6 Å². The van der Waals surface area contributed by atoms with E-state index in [9.17, 15) is 19.0 Å². The van der Waals surface area contributed by atoms with Crippen molar-refractivity contribution in [3.63, 3.8) is 0 Å². The largest absolute Gasteiger partial charge is 0.472 e. The van der Waals surface area contributed by atoms with Crippen LogP contribution in [0.5, 0.6) is 0 Å². The topological polar surface area (TPSA) is 108 Å². The van der Waals surface area contributed by atoms with Crippen molar-refractivity contribution >= 4 is 19.8 Å². The van der Waals surface area contributed by atoms with E-state index < -0.39 is 26.5 Å². The Balaban J connectivity index is 3.86. The summed E-state index contributed by atoms with van der Waals surface area (Å²) in [6.07, 6.45) is 107. The fourth-order valence-corrected chi connectivity index (χ4v) is 13.8. The van der Waals surface area contributed by atoms with Crippen LogP contribution < -0.4 is 0 Å². The first-order chi connectivity index (χ1) is 48.0. The van der Waals surface area contributed by atoms with Crippen LogP contribution in [-0.2, 0) is 32.7 Å². The third-order valence-electron chi connectivity index (χ3n) is 19.5. The second-order valence-electron chi connectivity index (χ2n) is 30.5. The lowest BCUT2D eigenvalue weighted by Gasteiger charge is -2.24. The molecule has 0 bridgehead atoms. The Morgan fingerprint density at radius 3 is 0.878 bits per heavy atom. The standard InChI is InChI=1S/C88H166NO8P/c1-6-8-10-12-14-16-18-20-22-24-26-28-30-32-34-36-38-40-41-42-43-44-45-46-47-49-51-53-55-57-59-61-63-65-67-69-71-73-75-77-79-81-88(91)97-86(85-96-98(92,93)95-83-82-89(3,4)5)84-94-87(90)80-78-76-74-72-70-68-66-64-62-60-58-56-54-52-50-48-39-37-35-33-31-29-27-25-23-21-19-17-15-13-11-9-7-2/h8,10,14,16,20,22,25-28,86H,6-7,9,11-13,15,17-19,21,23-24,29-85H2,1-5H3/p+1/b10-8-,16-14-,22-20-,27-25-,28-26-. The first kappa shape index (κ1) is 95.7. The van der Waals surface area contributed by atoms with Crippen molar-refractivity contribution in [1.29, 1.82) is 0 Å². The summed E-state index contributed by atoms with van der Waals surface area (Å²) in [7, 11) is 1.50. The number of esters is 2. The molecule has 10 heteroatoms. The number of ether oxygens (including phenoxy) is 2. The monoisotopic (exact) mass is 1400 g/mol. The summed E-state index contributed by atoms with van der Waals surface area (Å²) in [5.74, 6) is -0.770. The van der Waals surface area contributed by atoms with Gasteiger partial charge in [0, 0.05) is 12.8 Å². The molecule has 0 amide bonds. The van der Waals surface area contributed by atoms with Crippen LogP contribution in [0.15, 0.2) is 60.8 Å². The smallest absolute Gasteiger partial charge is 0.462 e. The zero-order chi connectivity index (χ0) is 71.1. The summed E-state index contributed by atoms with van der Waals surface area (Å²) in [4.78, 5) is 36.0. The third kappa shape index (κ3) is 82.7. The van der Waals surface area contributed by atoms with Crippen molar-refractivity contribution in [2.75, 3.05) is 47.5 Å². The van der Waals surface area contributed by atoms with Crippen molar-refractivity contribution < 1.29 is 42.1 Å². The second-order valence-corrected chi connectivity index (χ2v) is 32.0. The van der Waals surface area contributed by atoms with Gasteiger partial charge in [0.25, 0.3) is 0 Å². The highest BCUT2D eigenvalue weighted by atomic mass is 31.2. The third-order valence-corrected chi connectivity index (χ3v) is 20.5. The molecule has 0 aliphatic carbocycles. The quantitative estimate of drug-likeness (QED) is 0.0211. The molecule has 0 rings (SSSR count). The maximum atomic E-state index is 12.9. The normalized spacial score (nSPS) is 13.2. The number of hydrogen-bond acceptors (Lipinski definition) is 7. The highest BCUT2D eigenvalue weighted by molar-refractivity contribution is 7.47. The summed E-state index contributed by atoms with van der Waals surface area (Å²) in [5, 5.41) is 0. The Morgan fingerprint density at radius 2 is 0.582 bits per heavy atom. The Morgan fingerprint density at radius 1 is 0.327 bits per heavy atom. The van der Waals surface area contributed by atoms with E-state index in [0.29, 0.717) is 23.9 Å². The number of carbonyl (C=O) groups is 2. The zero-order valence-electron chi connectivity index (χ0n) is 66.0. The minimum absolute atomic E-state index is 0.0350. The molecule has 2 unspecified atom stereocenters. The molecule has 2 atom stereocenters. The van der Waals surface area contributed by atoms with Gasteiger partial charge in [0.15, 0.2) is 6.10 Å². The van der Waals surface area contributed by atoms with Crippen LogP contribution in [-0.4, -0.2) is 74.9 Å². The molecule has 0 radical (unpaired) electrons. The van der Waals surface area contributed by atoms with E-state index in [0.717, 1.165) is 57.8 Å². The average molecular weight is 1400 g/mol. The summed E-state index contributed by atoms with van der Waals surface area (Å²) >= 11 is 0. The lowest BCUT2D eigenvalue weighted by atomic mass is 10.0. The van der Waals surface area contributed by atoms with E-state index in [1.165, 1.54) is 347 Å². The molecular formula is C88H167NO8P+. The number of quaternary nitrogens is 1. The SMILES string of the molecule is CC/C=C\C/C=C\C/C=C\C/C=C\CCCCCCCCCCCCCCCCCCCCCCCCCCCCCCC(=O)OC(COC(=O)CCCCCCCCCCCCCCCCCCCCCCC/C=C\CCCCCCCCCC)COP(=O)(O)OCC[N+](C)(C)C. The number of carbonyl (C=O) groups excluding carboxylic acids is 2. The molecule has 1 N–H and O–H groups in total. The molecule has 0 fully saturated rings. The van der Waals surface area contributed by atoms with Gasteiger partial charge in [-0.2, -0.15) is 0 Å². The molecule has 576 valence electrons. The number of phosphoric acid groups is 1. The van der Waals surface area contributed by atoms with Gasteiger partial charge in [-0.25, -0.2) is 4.57 Å². The summed E-state index contributed by atoms with van der Waals surface area (Å²) < 4.78 is 34.9. The van der Waals surface area contributed by atoms with Crippen molar-refractivity contribution in [1.82, 2.24) is 0 Å². The molecule has 0 aromatic heterocycles. The van der Waals surface area contributed by atoms with Crippen LogP contribution >= 0.6 is 7.82 Å². The van der Waals surface area contributed by atoms with Gasteiger partial charge in [0.2, 0.25) is 0 Å². The fourth-order valence-electron chi connectivity index (χ4n) is 13.0. The lowest BCUT2D eigenvalue weighted by Crippen LogP contribution is -2.37. The first-order valence-electron chi connectivity index (χ1n) is 43.0. The molecule has 0 heterocycles. The van der Waals surface area contributed by atoms with Crippen molar-refractivity contribution in [2.24, 2.45) is 0 Å². The predicted octanol–water partition coefficient (Wildman–Crippen LogP) is 28.8. The molecule has 0 aromatic carbocycles. The number of allylic oxidation sites excluding steroid dienone is 10. The van der Waals surface area contributed by atoms with Crippen molar-refractivity contribution in [3.8, 4) is 0 Å². The van der Waals surface area contributed by atoms with E-state index in [-0.39, 0.29) is 25.6 Å². The molecule has 0 saturated carbocycles. The summed E-state index contributed by atoms with van der Waals surface area (Å²) in [6, 6.07) is 0. The summed E-state index contributed by atoms with van der Waals surface area (Å²) in [5.41, 5.74) is 0. The highest BCUT2D eigenvalue weighted by Gasteiger charge is 2.27. The van der Waals surface area contributed by atoms with E-state index >= 15 is 0 Å². The zero-order valence-corrected chi connectivity index (χ0v) is 66.9. The van der Waals surface area contributed by atoms with E-state index in [1.807, 2.05) is 21.1 Å². The van der Waals surface area contributed by atoms with Gasteiger partial charge in [0.1, 0.15) is 19.8 Å². The Bertz CT molecular complexity index is 1840. The second kappa shape index (κ2) is 78.8. The van der Waals surface area contributed by atoms with Gasteiger partial charge in [-0.15, -0.1) is 0 Å². The molecule has 0 spiro atoms. The van der Waals surface area contributed by atoms with Gasteiger partial charge in [0.05, 0.1) is 27.7 Å². The minimum Gasteiger partial charge on any atom is -0.462 e. The van der Waals surface area contributed by atoms with Crippen LogP contribution in [0, 0.1) is 0 Å². The van der Waals surface area contributed by atoms with E-state index in [4.69, 9.17) is 18.5 Å². The van der Waals surface area contributed by atoms with Crippen LogP contribution in [0.2, 0.25) is 0 Å². The number of hydrogen-bond donors (Lipinski definition) is 1. The average Bonchev–Trinajstić information content (AvgIpc) is 1.08. The molecule has 98 heavy (non-hydrogen) atoms. The maximum Gasteiger partial charge on any atom is 0.472 e. The predicted molar refractivity (Wildman–Crippen MR) is 427 cm³/mol. The highest BCUT2D eigenvalue weighted by Crippen LogP contribution is 2.43. The minimum atomic E-state index is -4.39. The van der Waals surface area contributed by atoms with Crippen LogP contribution in [0.1, 0.15) is 438 Å². The van der Waals surface area contributed by atoms with Crippen LogP contribution in [0.4, 0.5) is 0 Å². The number of phosphoric ester groups is 1. The number of nitrogens with zero attached hydrogens (tertiary/aromatic N) is 1. The lowest BCUT2D eigenvalue weighted by molar-refractivity contribution is -0.870. The van der Waals surface area contributed by atoms with Crippen LogP contribution in [0.3, 0.4) is 0 Å². The summed E-state index contributed by atoms with van der Waals surface area (Å²) in [6.45, 7) is 4.40. The number of likely N-dealkylation sites (N-methyl/N-ethyl adjacent to an activating group) is 1. The van der Waals surface area contributed by atoms with Gasteiger partial charge >= 0.3 is 19.8 Å². The molecule has 9 nitrogen and oxygen atoms in total. The van der Waals surface area contributed by atoms with Gasteiger partial charge in [-0.1, -0.05) is 408 Å². The van der Waals surface area contributed by atoms with E-state index in [1.54, 1.807) is 0 Å². The maximum absolute atomic E-state index is 12.9. The van der Waals surface area contributed by atoms with E-state index in [2.05, 4.69) is 74.6 Å². The first-order valence-corrected chi connectivity index (χ1v) is 44.5. The molecular weight excluding hydrogens is 1230 g/mol. The van der Waals surface area contributed by atoms with Crippen LogP contribution in [0.25, 0.3) is 0 Å². The molecule has 0 saturated heterocycles. The van der Waals surface area contributed by atoms with Gasteiger partial charge < -0.3 is 18.9 Å². The Kier molecular flexibility index (Phi) is 77.0. The Labute approximate surface area is 610 Å². The Hall–Kier alpha value is -2.29. The molecule has 0 aromatic rings. The molecule has 0 aliphatic heterocycles. The number of unbranched alkanes of at least 4 members (excludes halogenated alkanes) is 57. The van der Waals surface area contributed by atoms with Gasteiger partial charge in [-0.05, 0) is 77.0 Å². The molecule has 0 aliphatic rings. The van der Waals surface area contributed by atoms with Crippen molar-refractivity contribution in [3.05, 3.63) is 60.8 Å². The fraction of sp³-hybridized carbons (Fsp3) is 0.864. The number of rotatable bonds is 81.